The lowest BCUT2D eigenvalue weighted by Gasteiger charge is -2.21. The van der Waals surface area contributed by atoms with Gasteiger partial charge in [0.25, 0.3) is 0 Å². The molecule has 1 atom stereocenters. The molecule has 4 aromatic rings. The van der Waals surface area contributed by atoms with Gasteiger partial charge in [-0.2, -0.15) is 0 Å². The summed E-state index contributed by atoms with van der Waals surface area (Å²) in [6.07, 6.45) is 4.09. The van der Waals surface area contributed by atoms with E-state index in [-0.39, 0.29) is 12.6 Å². The first-order valence-corrected chi connectivity index (χ1v) is 11.4. The largest absolute Gasteiger partial charge is 0.476 e. The number of hydrogen-bond donors (Lipinski definition) is 3. The van der Waals surface area contributed by atoms with Crippen molar-refractivity contribution in [1.82, 2.24) is 29.8 Å². The van der Waals surface area contributed by atoms with Crippen molar-refractivity contribution in [2.45, 2.75) is 26.3 Å². The number of aromatic nitrogens is 5. The van der Waals surface area contributed by atoms with E-state index in [2.05, 4.69) is 37.1 Å². The minimum Gasteiger partial charge on any atom is -0.476 e. The van der Waals surface area contributed by atoms with E-state index in [0.29, 0.717) is 42.1 Å². The van der Waals surface area contributed by atoms with Gasteiger partial charge in [0.15, 0.2) is 11.5 Å². The Morgan fingerprint density at radius 2 is 2.09 bits per heavy atom. The van der Waals surface area contributed by atoms with E-state index in [4.69, 9.17) is 21.3 Å². The SMILES string of the molecule is CCCN(CCO)CCOc1nc([C@H](C)Nc2ncnc3nc[nH]c23)cc2cccc(Cl)c12. The van der Waals surface area contributed by atoms with Gasteiger partial charge in [-0.15, -0.1) is 0 Å². The Hall–Kier alpha value is -3.01. The maximum absolute atomic E-state index is 9.29. The predicted octanol–water partition coefficient (Wildman–Crippen LogP) is 3.81. The van der Waals surface area contributed by atoms with E-state index < -0.39 is 0 Å². The zero-order valence-corrected chi connectivity index (χ0v) is 19.5. The third kappa shape index (κ3) is 5.32. The summed E-state index contributed by atoms with van der Waals surface area (Å²) < 4.78 is 6.13. The number of nitrogens with zero attached hydrogens (tertiary/aromatic N) is 5. The van der Waals surface area contributed by atoms with Gasteiger partial charge in [-0.3, -0.25) is 4.90 Å². The number of hydrogen-bond acceptors (Lipinski definition) is 8. The van der Waals surface area contributed by atoms with E-state index in [0.717, 1.165) is 34.9 Å². The zero-order chi connectivity index (χ0) is 23.2. The van der Waals surface area contributed by atoms with Crippen molar-refractivity contribution in [3.63, 3.8) is 0 Å². The Morgan fingerprint density at radius 1 is 1.21 bits per heavy atom. The molecule has 0 fully saturated rings. The van der Waals surface area contributed by atoms with Gasteiger partial charge in [0, 0.05) is 13.1 Å². The van der Waals surface area contributed by atoms with Gasteiger partial charge in [0.05, 0.1) is 35.1 Å². The average Bonchev–Trinajstić information content (AvgIpc) is 3.29. The number of aliphatic hydroxyl groups excluding tert-OH is 1. The monoisotopic (exact) mass is 469 g/mol. The predicted molar refractivity (Wildman–Crippen MR) is 130 cm³/mol. The molecule has 0 radical (unpaired) electrons. The van der Waals surface area contributed by atoms with E-state index >= 15 is 0 Å². The molecular weight excluding hydrogens is 442 g/mol. The molecule has 0 saturated heterocycles. The van der Waals surface area contributed by atoms with Crippen LogP contribution in [0.4, 0.5) is 5.82 Å². The fourth-order valence-corrected chi connectivity index (χ4v) is 4.06. The van der Waals surface area contributed by atoms with Crippen molar-refractivity contribution < 1.29 is 9.84 Å². The molecule has 0 bridgehead atoms. The summed E-state index contributed by atoms with van der Waals surface area (Å²) in [6, 6.07) is 7.60. The molecule has 0 aliphatic rings. The minimum atomic E-state index is -0.164. The van der Waals surface area contributed by atoms with Crippen molar-refractivity contribution in [3.8, 4) is 5.88 Å². The fourth-order valence-electron chi connectivity index (χ4n) is 3.80. The summed E-state index contributed by atoms with van der Waals surface area (Å²) >= 11 is 6.51. The molecule has 10 heteroatoms. The van der Waals surface area contributed by atoms with Gasteiger partial charge in [0.1, 0.15) is 18.5 Å². The molecule has 33 heavy (non-hydrogen) atoms. The second-order valence-electron chi connectivity index (χ2n) is 7.79. The molecule has 3 aromatic heterocycles. The number of H-pyrrole nitrogens is 1. The normalized spacial score (nSPS) is 12.5. The van der Waals surface area contributed by atoms with Crippen LogP contribution < -0.4 is 10.1 Å². The van der Waals surface area contributed by atoms with Crippen LogP contribution in [-0.2, 0) is 0 Å². The van der Waals surface area contributed by atoms with Crippen molar-refractivity contribution in [1.29, 1.82) is 0 Å². The molecule has 0 aliphatic heterocycles. The van der Waals surface area contributed by atoms with Crippen LogP contribution in [0.2, 0.25) is 5.02 Å². The summed E-state index contributed by atoms with van der Waals surface area (Å²) in [5.74, 6) is 1.15. The molecule has 3 heterocycles. The minimum absolute atomic E-state index is 0.123. The number of aromatic amines is 1. The summed E-state index contributed by atoms with van der Waals surface area (Å²) in [4.78, 5) is 22.7. The number of benzene rings is 1. The molecule has 9 nitrogen and oxygen atoms in total. The third-order valence-corrected chi connectivity index (χ3v) is 5.73. The van der Waals surface area contributed by atoms with Crippen molar-refractivity contribution >= 4 is 39.4 Å². The number of rotatable bonds is 11. The number of halogens is 1. The smallest absolute Gasteiger partial charge is 0.223 e. The van der Waals surface area contributed by atoms with Crippen molar-refractivity contribution in [2.24, 2.45) is 0 Å². The lowest BCUT2D eigenvalue weighted by atomic mass is 10.1. The zero-order valence-electron chi connectivity index (χ0n) is 18.8. The molecule has 1 aromatic carbocycles. The summed E-state index contributed by atoms with van der Waals surface area (Å²) in [5.41, 5.74) is 2.14. The number of anilines is 1. The molecule has 174 valence electrons. The first kappa shape index (κ1) is 23.2. The van der Waals surface area contributed by atoms with Gasteiger partial charge in [-0.05, 0) is 37.4 Å². The van der Waals surface area contributed by atoms with Crippen molar-refractivity contribution in [3.05, 3.63) is 47.6 Å². The Bertz CT molecular complexity index is 1210. The molecule has 0 spiro atoms. The Kier molecular flexibility index (Phi) is 7.54. The van der Waals surface area contributed by atoms with Gasteiger partial charge >= 0.3 is 0 Å². The molecule has 4 rings (SSSR count). The topological polar surface area (TPSA) is 112 Å². The number of ether oxygens (including phenoxy) is 1. The van der Waals surface area contributed by atoms with E-state index in [1.165, 1.54) is 6.33 Å². The van der Waals surface area contributed by atoms with Crippen LogP contribution in [0.25, 0.3) is 21.9 Å². The van der Waals surface area contributed by atoms with E-state index in [9.17, 15) is 5.11 Å². The first-order valence-electron chi connectivity index (χ1n) is 11.1. The molecule has 0 aliphatic carbocycles. The highest BCUT2D eigenvalue weighted by Crippen LogP contribution is 2.33. The molecule has 3 N–H and O–H groups in total. The lowest BCUT2D eigenvalue weighted by Crippen LogP contribution is -2.32. The van der Waals surface area contributed by atoms with E-state index in [1.54, 1.807) is 6.33 Å². The molecule has 0 saturated carbocycles. The quantitative estimate of drug-likeness (QED) is 0.304. The summed E-state index contributed by atoms with van der Waals surface area (Å²) in [5, 5.41) is 15.0. The maximum atomic E-state index is 9.29. The summed E-state index contributed by atoms with van der Waals surface area (Å²) in [7, 11) is 0. The van der Waals surface area contributed by atoms with Gasteiger partial charge in [-0.25, -0.2) is 19.9 Å². The Morgan fingerprint density at radius 3 is 2.91 bits per heavy atom. The highest BCUT2D eigenvalue weighted by molar-refractivity contribution is 6.36. The van der Waals surface area contributed by atoms with Crippen LogP contribution in [-0.4, -0.2) is 67.8 Å². The fraction of sp³-hybridized carbons (Fsp3) is 0.391. The second-order valence-corrected chi connectivity index (χ2v) is 8.20. The van der Waals surface area contributed by atoms with Crippen LogP contribution >= 0.6 is 11.6 Å². The summed E-state index contributed by atoms with van der Waals surface area (Å²) in [6.45, 7) is 6.91. The average molecular weight is 470 g/mol. The first-order chi connectivity index (χ1) is 16.1. The number of fused-ring (bicyclic) bond motifs is 2. The number of aliphatic hydroxyl groups is 1. The number of pyridine rings is 1. The van der Waals surface area contributed by atoms with E-state index in [1.807, 2.05) is 31.2 Å². The third-order valence-electron chi connectivity index (χ3n) is 5.42. The van der Waals surface area contributed by atoms with Gasteiger partial charge in [-0.1, -0.05) is 30.7 Å². The van der Waals surface area contributed by atoms with Crippen LogP contribution in [0.5, 0.6) is 5.88 Å². The Labute approximate surface area is 197 Å². The van der Waals surface area contributed by atoms with Crippen LogP contribution in [0, 0.1) is 0 Å². The van der Waals surface area contributed by atoms with Crippen LogP contribution in [0.1, 0.15) is 32.0 Å². The second kappa shape index (κ2) is 10.7. The molecule has 0 unspecified atom stereocenters. The lowest BCUT2D eigenvalue weighted by molar-refractivity contribution is 0.167. The standard InChI is InChI=1S/C23H28ClN7O2/c1-3-7-31(8-10-32)9-11-33-23-19-16(5-4-6-17(19)24)12-18(30-23)15(2)29-22-20-21(26-13-25-20)27-14-28-22/h4-6,12-15,32H,3,7-11H2,1-2H3,(H2,25,26,27,28,29)/t15-/m0/s1. The van der Waals surface area contributed by atoms with Crippen LogP contribution in [0.3, 0.4) is 0 Å². The van der Waals surface area contributed by atoms with Gasteiger partial charge in [0.2, 0.25) is 5.88 Å². The highest BCUT2D eigenvalue weighted by atomic mass is 35.5. The number of imidazole rings is 1. The van der Waals surface area contributed by atoms with Crippen LogP contribution in [0.15, 0.2) is 36.9 Å². The molecule has 0 amide bonds. The highest BCUT2D eigenvalue weighted by Gasteiger charge is 2.17. The maximum Gasteiger partial charge on any atom is 0.223 e. The number of nitrogens with one attached hydrogen (secondary N) is 2. The molecular formula is C23H28ClN7O2. The Balaban J connectivity index is 1.59. The van der Waals surface area contributed by atoms with Gasteiger partial charge < -0.3 is 20.1 Å². The van der Waals surface area contributed by atoms with Crippen molar-refractivity contribution in [2.75, 3.05) is 38.2 Å².